The molecule has 0 aliphatic carbocycles. The lowest BCUT2D eigenvalue weighted by atomic mass is 10.2. The Hall–Kier alpha value is -2.03. The van der Waals surface area contributed by atoms with E-state index in [2.05, 4.69) is 5.32 Å². The first-order valence-corrected chi connectivity index (χ1v) is 4.65. The van der Waals surface area contributed by atoms with E-state index in [1.807, 2.05) is 30.3 Å². The fraction of sp³-hybridized carbons (Fsp3) is 0.0833. The van der Waals surface area contributed by atoms with E-state index in [1.54, 1.807) is 12.1 Å². The Kier molecular flexibility index (Phi) is 2.83. The summed E-state index contributed by atoms with van der Waals surface area (Å²) >= 11 is 0. The topological polar surface area (TPSA) is 44.3 Å². The van der Waals surface area contributed by atoms with E-state index in [1.165, 1.54) is 6.26 Å². The van der Waals surface area contributed by atoms with Crippen molar-refractivity contribution in [2.75, 3.05) is 0 Å². The number of nitrogens with zero attached hydrogens (tertiary/aromatic N) is 1. The van der Waals surface area contributed by atoms with Gasteiger partial charge < -0.3 is 4.42 Å². The Morgan fingerprint density at radius 2 is 1.93 bits per heavy atom. The second-order valence-corrected chi connectivity index (χ2v) is 3.08. The molecular weight excluding hydrogens is 190 g/mol. The van der Waals surface area contributed by atoms with Crippen molar-refractivity contribution in [3.05, 3.63) is 60.1 Å². The van der Waals surface area contributed by atoms with Crippen LogP contribution in [0.25, 0.3) is 0 Å². The van der Waals surface area contributed by atoms with Gasteiger partial charge in [0.05, 0.1) is 12.8 Å². The summed E-state index contributed by atoms with van der Waals surface area (Å²) in [5.74, 6) is -0.0326. The van der Waals surface area contributed by atoms with E-state index in [0.717, 1.165) is 5.56 Å². The van der Waals surface area contributed by atoms with Crippen molar-refractivity contribution in [2.24, 2.45) is 0 Å². The van der Waals surface area contributed by atoms with Crippen LogP contribution in [0.5, 0.6) is 0 Å². The predicted octanol–water partition coefficient (Wildman–Crippen LogP) is 2.22. The maximum atomic E-state index is 11.4. The van der Waals surface area contributed by atoms with Gasteiger partial charge in [0, 0.05) is 0 Å². The Bertz CT molecular complexity index is 420. The molecule has 2 rings (SSSR count). The van der Waals surface area contributed by atoms with E-state index in [9.17, 15) is 4.79 Å². The summed E-state index contributed by atoms with van der Waals surface area (Å²) in [6, 6.07) is 12.9. The number of hydrogen-bond acceptors (Lipinski definition) is 2. The molecule has 75 valence electrons. The van der Waals surface area contributed by atoms with Gasteiger partial charge in [-0.05, 0) is 17.7 Å². The van der Waals surface area contributed by atoms with Gasteiger partial charge in [-0.3, -0.25) is 4.79 Å². The molecule has 0 fully saturated rings. The first-order valence-electron chi connectivity index (χ1n) is 4.65. The number of hydrogen-bond donors (Lipinski definition) is 0. The minimum atomic E-state index is -0.316. The number of rotatable bonds is 3. The summed E-state index contributed by atoms with van der Waals surface area (Å²) in [6.45, 7) is 0.389. The average Bonchev–Trinajstić information content (AvgIpc) is 2.81. The molecule has 1 aromatic carbocycles. The van der Waals surface area contributed by atoms with Crippen LogP contribution in [0.4, 0.5) is 0 Å². The van der Waals surface area contributed by atoms with Gasteiger partial charge in [-0.1, -0.05) is 30.3 Å². The molecule has 0 unspecified atom stereocenters. The monoisotopic (exact) mass is 200 g/mol. The van der Waals surface area contributed by atoms with E-state index < -0.39 is 0 Å². The van der Waals surface area contributed by atoms with Gasteiger partial charge in [-0.2, -0.15) is 0 Å². The third-order valence-corrected chi connectivity index (χ3v) is 1.98. The minimum absolute atomic E-state index is 0.283. The Morgan fingerprint density at radius 1 is 1.13 bits per heavy atom. The van der Waals surface area contributed by atoms with E-state index in [4.69, 9.17) is 4.42 Å². The van der Waals surface area contributed by atoms with Crippen LogP contribution in [0.15, 0.2) is 53.1 Å². The molecule has 0 aliphatic rings. The zero-order valence-corrected chi connectivity index (χ0v) is 8.09. The molecule has 0 bridgehead atoms. The summed E-state index contributed by atoms with van der Waals surface area (Å²) in [4.78, 5) is 11.4. The number of amides is 1. The van der Waals surface area contributed by atoms with Crippen LogP contribution in [-0.2, 0) is 6.54 Å². The highest BCUT2D eigenvalue weighted by Gasteiger charge is 2.08. The van der Waals surface area contributed by atoms with E-state index in [0.29, 0.717) is 6.54 Å². The molecule has 15 heavy (non-hydrogen) atoms. The summed E-state index contributed by atoms with van der Waals surface area (Å²) < 4.78 is 4.94. The standard InChI is InChI=1S/C12H10NO2/c14-12(11-7-4-8-15-11)13-9-10-5-2-1-3-6-10/h1-8H,9H2. The molecule has 0 spiro atoms. The van der Waals surface area contributed by atoms with E-state index in [-0.39, 0.29) is 11.7 Å². The molecule has 3 nitrogen and oxygen atoms in total. The Labute approximate surface area is 87.7 Å². The van der Waals surface area contributed by atoms with Gasteiger partial charge in [0.15, 0.2) is 5.76 Å². The zero-order valence-electron chi connectivity index (χ0n) is 8.09. The van der Waals surface area contributed by atoms with Gasteiger partial charge in [0.1, 0.15) is 0 Å². The molecule has 2 aromatic rings. The van der Waals surface area contributed by atoms with Crippen molar-refractivity contribution in [1.29, 1.82) is 0 Å². The van der Waals surface area contributed by atoms with Crippen molar-refractivity contribution in [3.63, 3.8) is 0 Å². The van der Waals surface area contributed by atoms with Crippen LogP contribution in [0.1, 0.15) is 16.1 Å². The number of carbonyl (C=O) groups excluding carboxylic acids is 1. The third-order valence-electron chi connectivity index (χ3n) is 1.98. The quantitative estimate of drug-likeness (QED) is 0.762. The van der Waals surface area contributed by atoms with E-state index >= 15 is 0 Å². The van der Waals surface area contributed by atoms with Crippen LogP contribution >= 0.6 is 0 Å². The molecule has 1 amide bonds. The Balaban J connectivity index is 1.92. The highest BCUT2D eigenvalue weighted by molar-refractivity contribution is 5.91. The van der Waals surface area contributed by atoms with Gasteiger partial charge in [0.25, 0.3) is 0 Å². The summed E-state index contributed by atoms with van der Waals surface area (Å²) in [7, 11) is 0. The second kappa shape index (κ2) is 4.46. The molecular formula is C12H10NO2. The Morgan fingerprint density at radius 3 is 2.60 bits per heavy atom. The second-order valence-electron chi connectivity index (χ2n) is 3.08. The first-order chi connectivity index (χ1) is 7.36. The van der Waals surface area contributed by atoms with Crippen LogP contribution in [0.2, 0.25) is 0 Å². The van der Waals surface area contributed by atoms with Crippen molar-refractivity contribution in [1.82, 2.24) is 5.32 Å². The molecule has 0 N–H and O–H groups in total. The maximum absolute atomic E-state index is 11.4. The number of benzene rings is 1. The van der Waals surface area contributed by atoms with Crippen molar-refractivity contribution >= 4 is 5.91 Å². The number of carbonyl (C=O) groups is 1. The normalized spacial score (nSPS) is 9.87. The maximum Gasteiger partial charge on any atom is 0.308 e. The van der Waals surface area contributed by atoms with Gasteiger partial charge >= 0.3 is 5.91 Å². The van der Waals surface area contributed by atoms with Crippen LogP contribution in [0, 0.1) is 0 Å². The lowest BCUT2D eigenvalue weighted by Crippen LogP contribution is -2.14. The predicted molar refractivity (Wildman–Crippen MR) is 55.3 cm³/mol. The van der Waals surface area contributed by atoms with Crippen molar-refractivity contribution in [2.45, 2.75) is 6.54 Å². The fourth-order valence-electron chi connectivity index (χ4n) is 1.22. The lowest BCUT2D eigenvalue weighted by Gasteiger charge is -1.99. The zero-order chi connectivity index (χ0) is 10.5. The lowest BCUT2D eigenvalue weighted by molar-refractivity contribution is 0.0918. The van der Waals surface area contributed by atoms with Gasteiger partial charge in [-0.15, -0.1) is 0 Å². The highest BCUT2D eigenvalue weighted by atomic mass is 16.3. The van der Waals surface area contributed by atoms with Crippen LogP contribution in [-0.4, -0.2) is 5.91 Å². The third kappa shape index (κ3) is 2.47. The van der Waals surface area contributed by atoms with Gasteiger partial charge in [-0.25, -0.2) is 5.32 Å². The molecule has 3 heteroatoms. The molecule has 1 aromatic heterocycles. The number of furan rings is 1. The van der Waals surface area contributed by atoms with Gasteiger partial charge in [0.2, 0.25) is 0 Å². The average molecular weight is 200 g/mol. The first kappa shape index (κ1) is 9.52. The molecule has 0 saturated carbocycles. The molecule has 0 saturated heterocycles. The summed E-state index contributed by atoms with van der Waals surface area (Å²) in [5, 5.41) is 3.90. The molecule has 1 radical (unpaired) electrons. The SMILES string of the molecule is O=C([N]Cc1ccccc1)c1ccco1. The largest absolute Gasteiger partial charge is 0.459 e. The van der Waals surface area contributed by atoms with Crippen molar-refractivity contribution < 1.29 is 9.21 Å². The molecule has 0 aliphatic heterocycles. The summed E-state index contributed by atoms with van der Waals surface area (Å²) in [6.07, 6.45) is 1.46. The van der Waals surface area contributed by atoms with Crippen molar-refractivity contribution in [3.8, 4) is 0 Å². The van der Waals surface area contributed by atoms with Crippen LogP contribution in [0.3, 0.4) is 0 Å². The van der Waals surface area contributed by atoms with Crippen LogP contribution < -0.4 is 5.32 Å². The highest BCUT2D eigenvalue weighted by Crippen LogP contribution is 2.02. The minimum Gasteiger partial charge on any atom is -0.459 e. The fourth-order valence-corrected chi connectivity index (χ4v) is 1.22. The molecule has 0 atom stereocenters. The molecule has 1 heterocycles. The smallest absolute Gasteiger partial charge is 0.308 e. The summed E-state index contributed by atoms with van der Waals surface area (Å²) in [5.41, 5.74) is 1.01.